The predicted octanol–water partition coefficient (Wildman–Crippen LogP) is 4.58. The number of aromatic nitrogens is 1. The molecule has 0 spiro atoms. The lowest BCUT2D eigenvalue weighted by Gasteiger charge is -2.24. The van der Waals surface area contributed by atoms with Crippen molar-refractivity contribution >= 4 is 43.2 Å². The van der Waals surface area contributed by atoms with E-state index in [-0.39, 0.29) is 21.6 Å². The first kappa shape index (κ1) is 21.9. The van der Waals surface area contributed by atoms with Crippen LogP contribution in [0.15, 0.2) is 81.1 Å². The summed E-state index contributed by atoms with van der Waals surface area (Å²) in [6.07, 6.45) is 2.80. The molecule has 0 radical (unpaired) electrons. The number of amides is 1. The molecule has 0 saturated carbocycles. The second-order valence-electron chi connectivity index (χ2n) is 8.18. The first-order valence-electron chi connectivity index (χ1n) is 9.71. The van der Waals surface area contributed by atoms with Crippen LogP contribution in [0.5, 0.6) is 0 Å². The topological polar surface area (TPSA) is 97.6 Å². The lowest BCUT2D eigenvalue weighted by molar-refractivity contribution is 0.100. The molecule has 32 heavy (non-hydrogen) atoms. The van der Waals surface area contributed by atoms with Crippen molar-refractivity contribution in [2.75, 3.05) is 4.31 Å². The third-order valence-corrected chi connectivity index (χ3v) is 7.41. The SMILES string of the molecule is CC(C)(C)c1ccc(S(=O)(=O)N(C(=O)c2cccnc2)c2ccc3oc(=O)sc3c2)cc1. The Hall–Kier alpha value is -3.30. The Kier molecular flexibility index (Phi) is 5.47. The van der Waals surface area contributed by atoms with Gasteiger partial charge >= 0.3 is 4.94 Å². The van der Waals surface area contributed by atoms with E-state index in [4.69, 9.17) is 4.42 Å². The van der Waals surface area contributed by atoms with E-state index in [0.29, 0.717) is 10.3 Å². The molecule has 2 heterocycles. The maximum absolute atomic E-state index is 13.7. The molecule has 1 amide bonds. The van der Waals surface area contributed by atoms with E-state index in [0.717, 1.165) is 21.2 Å². The van der Waals surface area contributed by atoms with Gasteiger partial charge in [-0.2, -0.15) is 4.31 Å². The van der Waals surface area contributed by atoms with Crippen LogP contribution >= 0.6 is 11.3 Å². The van der Waals surface area contributed by atoms with Crippen molar-refractivity contribution in [3.63, 3.8) is 0 Å². The summed E-state index contributed by atoms with van der Waals surface area (Å²) in [5.74, 6) is -0.756. The van der Waals surface area contributed by atoms with Crippen molar-refractivity contribution in [3.05, 3.63) is 87.9 Å². The summed E-state index contributed by atoms with van der Waals surface area (Å²) in [7, 11) is -4.27. The molecule has 0 aliphatic rings. The minimum Gasteiger partial charge on any atom is -0.414 e. The first-order valence-corrected chi connectivity index (χ1v) is 12.0. The summed E-state index contributed by atoms with van der Waals surface area (Å²) in [5.41, 5.74) is 1.35. The number of hydrogen-bond acceptors (Lipinski definition) is 7. The van der Waals surface area contributed by atoms with Gasteiger partial charge in [0.25, 0.3) is 15.9 Å². The number of anilines is 1. The summed E-state index contributed by atoms with van der Waals surface area (Å²) in [4.78, 5) is 28.4. The molecule has 0 atom stereocenters. The van der Waals surface area contributed by atoms with E-state index in [2.05, 4.69) is 4.98 Å². The smallest absolute Gasteiger partial charge is 0.396 e. The van der Waals surface area contributed by atoms with Crippen LogP contribution in [0, 0.1) is 0 Å². The van der Waals surface area contributed by atoms with Gasteiger partial charge in [0.1, 0.15) is 5.58 Å². The van der Waals surface area contributed by atoms with Gasteiger partial charge in [0.05, 0.1) is 20.8 Å². The fourth-order valence-electron chi connectivity index (χ4n) is 3.19. The highest BCUT2D eigenvalue weighted by Gasteiger charge is 2.32. The summed E-state index contributed by atoms with van der Waals surface area (Å²) in [5, 5.41) is 0. The summed E-state index contributed by atoms with van der Waals surface area (Å²) < 4.78 is 33.5. The minimum absolute atomic E-state index is 0.0248. The lowest BCUT2D eigenvalue weighted by Crippen LogP contribution is -2.37. The molecule has 0 saturated heterocycles. The third kappa shape index (κ3) is 4.09. The summed E-state index contributed by atoms with van der Waals surface area (Å²) in [6.45, 7) is 6.08. The number of nitrogens with zero attached hydrogens (tertiary/aromatic N) is 2. The van der Waals surface area contributed by atoms with Gasteiger partial charge in [-0.25, -0.2) is 13.2 Å². The second-order valence-corrected chi connectivity index (χ2v) is 10.9. The standard InChI is InChI=1S/C23H20N2O5S2/c1-23(2,3)16-6-9-18(10-7-16)32(28,29)25(21(26)15-5-4-12-24-14-15)17-8-11-19-20(13-17)31-22(27)30-19/h4-14H,1-3H3. The van der Waals surface area contributed by atoms with Crippen molar-refractivity contribution in [2.45, 2.75) is 31.1 Å². The van der Waals surface area contributed by atoms with Crippen LogP contribution in [-0.4, -0.2) is 19.3 Å². The molecule has 0 aliphatic heterocycles. The number of benzene rings is 2. The molecule has 164 valence electrons. The van der Waals surface area contributed by atoms with E-state index in [1.54, 1.807) is 18.2 Å². The van der Waals surface area contributed by atoms with Gasteiger partial charge < -0.3 is 4.42 Å². The normalized spacial score (nSPS) is 12.1. The Morgan fingerprint density at radius 3 is 2.41 bits per heavy atom. The molecule has 2 aromatic carbocycles. The number of fused-ring (bicyclic) bond motifs is 1. The van der Waals surface area contributed by atoms with Crippen molar-refractivity contribution in [2.24, 2.45) is 0 Å². The van der Waals surface area contributed by atoms with Crippen LogP contribution in [0.4, 0.5) is 5.69 Å². The molecule has 7 nitrogen and oxygen atoms in total. The van der Waals surface area contributed by atoms with Crippen LogP contribution in [-0.2, 0) is 15.4 Å². The van der Waals surface area contributed by atoms with Gasteiger partial charge in [-0.15, -0.1) is 0 Å². The van der Waals surface area contributed by atoms with E-state index < -0.39 is 20.9 Å². The van der Waals surface area contributed by atoms with Crippen LogP contribution in [0.1, 0.15) is 36.7 Å². The molecule has 0 aliphatic carbocycles. The molecule has 0 fully saturated rings. The van der Waals surface area contributed by atoms with Gasteiger partial charge in [0, 0.05) is 12.4 Å². The van der Waals surface area contributed by atoms with Crippen molar-refractivity contribution in [1.29, 1.82) is 0 Å². The zero-order chi connectivity index (χ0) is 23.1. The minimum atomic E-state index is -4.27. The number of carbonyl (C=O) groups excluding carboxylic acids is 1. The molecular formula is C23H20N2O5S2. The Balaban J connectivity index is 1.87. The molecule has 0 bridgehead atoms. The van der Waals surface area contributed by atoms with Crippen LogP contribution in [0.25, 0.3) is 10.3 Å². The van der Waals surface area contributed by atoms with Gasteiger partial charge in [-0.05, 0) is 53.4 Å². The van der Waals surface area contributed by atoms with Crippen LogP contribution in [0.2, 0.25) is 0 Å². The average molecular weight is 469 g/mol. The number of pyridine rings is 1. The van der Waals surface area contributed by atoms with Crippen molar-refractivity contribution in [3.8, 4) is 0 Å². The fraction of sp³-hybridized carbons (Fsp3) is 0.174. The van der Waals surface area contributed by atoms with Gasteiger partial charge in [-0.3, -0.25) is 9.78 Å². The number of sulfonamides is 1. The van der Waals surface area contributed by atoms with Crippen LogP contribution < -0.4 is 9.24 Å². The highest BCUT2D eigenvalue weighted by molar-refractivity contribution is 7.93. The fourth-order valence-corrected chi connectivity index (χ4v) is 5.30. The highest BCUT2D eigenvalue weighted by atomic mass is 32.2. The maximum Gasteiger partial charge on any atom is 0.396 e. The van der Waals surface area contributed by atoms with Gasteiger partial charge in [0.2, 0.25) is 0 Å². The molecule has 0 N–H and O–H groups in total. The Labute approximate surface area is 189 Å². The number of hydrogen-bond donors (Lipinski definition) is 0. The van der Waals surface area contributed by atoms with Crippen molar-refractivity contribution < 1.29 is 17.6 Å². The number of rotatable bonds is 4. The predicted molar refractivity (Wildman–Crippen MR) is 124 cm³/mol. The number of carbonyl (C=O) groups is 1. The van der Waals surface area contributed by atoms with Crippen LogP contribution in [0.3, 0.4) is 0 Å². The highest BCUT2D eigenvalue weighted by Crippen LogP contribution is 2.31. The third-order valence-electron chi connectivity index (χ3n) is 4.90. The summed E-state index contributed by atoms with van der Waals surface area (Å²) in [6, 6.07) is 13.9. The zero-order valence-electron chi connectivity index (χ0n) is 17.6. The van der Waals surface area contributed by atoms with Gasteiger partial charge in [-0.1, -0.05) is 44.2 Å². The Bertz CT molecular complexity index is 1450. The molecule has 0 unspecified atom stereocenters. The van der Waals surface area contributed by atoms with Gasteiger partial charge in [0.15, 0.2) is 0 Å². The average Bonchev–Trinajstić information content (AvgIpc) is 3.13. The monoisotopic (exact) mass is 468 g/mol. The Morgan fingerprint density at radius 2 is 1.78 bits per heavy atom. The van der Waals surface area contributed by atoms with E-state index >= 15 is 0 Å². The largest absolute Gasteiger partial charge is 0.414 e. The zero-order valence-corrected chi connectivity index (χ0v) is 19.2. The lowest BCUT2D eigenvalue weighted by atomic mass is 9.87. The maximum atomic E-state index is 13.7. The first-order chi connectivity index (χ1) is 15.1. The van der Waals surface area contributed by atoms with Crippen molar-refractivity contribution in [1.82, 2.24) is 4.98 Å². The van der Waals surface area contributed by atoms with E-state index in [9.17, 15) is 18.0 Å². The molecule has 4 aromatic rings. The Morgan fingerprint density at radius 1 is 1.06 bits per heavy atom. The quantitative estimate of drug-likeness (QED) is 0.435. The second kappa shape index (κ2) is 7.99. The van der Waals surface area contributed by atoms with E-state index in [1.165, 1.54) is 48.8 Å². The molecule has 2 aromatic heterocycles. The molecule has 4 rings (SSSR count). The molecule has 9 heteroatoms. The molecular weight excluding hydrogens is 448 g/mol. The van der Waals surface area contributed by atoms with E-state index in [1.807, 2.05) is 20.8 Å². The summed E-state index contributed by atoms with van der Waals surface area (Å²) >= 11 is 0.835.